The molecule has 0 fully saturated rings. The van der Waals surface area contributed by atoms with Crippen molar-refractivity contribution in [2.75, 3.05) is 0 Å². The van der Waals surface area contributed by atoms with E-state index in [1.54, 1.807) is 0 Å². The number of aryl methyl sites for hydroxylation is 1. The van der Waals surface area contributed by atoms with Gasteiger partial charge in [-0.25, -0.2) is 4.98 Å². The summed E-state index contributed by atoms with van der Waals surface area (Å²) >= 11 is 0. The molecular weight excluding hydrogens is 232 g/mol. The highest BCUT2D eigenvalue weighted by atomic mass is 15.1. The van der Waals surface area contributed by atoms with Crippen LogP contribution < -0.4 is 0 Å². The minimum Gasteiger partial charge on any atom is -0.334 e. The van der Waals surface area contributed by atoms with Crippen molar-refractivity contribution in [1.82, 2.24) is 9.55 Å². The predicted molar refractivity (Wildman–Crippen MR) is 83.7 cm³/mol. The van der Waals surface area contributed by atoms with Gasteiger partial charge in [0.1, 0.15) is 0 Å². The van der Waals surface area contributed by atoms with E-state index in [0.29, 0.717) is 17.8 Å². The molecule has 110 valence electrons. The van der Waals surface area contributed by atoms with Crippen molar-refractivity contribution in [2.45, 2.75) is 85.6 Å². The van der Waals surface area contributed by atoms with Gasteiger partial charge in [0.15, 0.2) is 0 Å². The van der Waals surface area contributed by atoms with Crippen LogP contribution in [0.1, 0.15) is 90.4 Å². The molecule has 0 aliphatic rings. The molecule has 1 aromatic heterocycles. The lowest BCUT2D eigenvalue weighted by Gasteiger charge is -2.22. The van der Waals surface area contributed by atoms with Crippen LogP contribution in [0.4, 0.5) is 0 Å². The second kappa shape index (κ2) is 7.72. The van der Waals surface area contributed by atoms with Crippen molar-refractivity contribution >= 4 is 0 Å². The first-order valence-corrected chi connectivity index (χ1v) is 8.07. The fourth-order valence-corrected chi connectivity index (χ4v) is 2.67. The van der Waals surface area contributed by atoms with E-state index in [9.17, 15) is 0 Å². The molecule has 0 saturated heterocycles. The van der Waals surface area contributed by atoms with Crippen LogP contribution in [0.15, 0.2) is 6.33 Å². The summed E-state index contributed by atoms with van der Waals surface area (Å²) in [5.74, 6) is 1.85. The SMILES string of the molecule is CCCCn1cnc(C(C)CCC)c1C(C)C(C)C. The summed E-state index contributed by atoms with van der Waals surface area (Å²) in [6.07, 6.45) is 7.04. The summed E-state index contributed by atoms with van der Waals surface area (Å²) in [5.41, 5.74) is 2.84. The lowest BCUT2D eigenvalue weighted by Crippen LogP contribution is -2.13. The molecular formula is C17H32N2. The van der Waals surface area contributed by atoms with Gasteiger partial charge in [0, 0.05) is 24.1 Å². The van der Waals surface area contributed by atoms with Gasteiger partial charge < -0.3 is 4.57 Å². The summed E-state index contributed by atoms with van der Waals surface area (Å²) in [7, 11) is 0. The quantitative estimate of drug-likeness (QED) is 0.619. The van der Waals surface area contributed by atoms with Crippen LogP contribution in [0.5, 0.6) is 0 Å². The fourth-order valence-electron chi connectivity index (χ4n) is 2.67. The predicted octanol–water partition coefficient (Wildman–Crippen LogP) is 5.35. The topological polar surface area (TPSA) is 17.8 Å². The molecule has 1 heterocycles. The Bertz CT molecular complexity index is 365. The van der Waals surface area contributed by atoms with Gasteiger partial charge in [0.2, 0.25) is 0 Å². The van der Waals surface area contributed by atoms with Crippen molar-refractivity contribution in [1.29, 1.82) is 0 Å². The molecule has 0 aliphatic carbocycles. The molecule has 2 nitrogen and oxygen atoms in total. The molecule has 0 spiro atoms. The molecule has 0 saturated carbocycles. The van der Waals surface area contributed by atoms with E-state index in [1.807, 2.05) is 0 Å². The van der Waals surface area contributed by atoms with Gasteiger partial charge >= 0.3 is 0 Å². The number of rotatable bonds is 8. The summed E-state index contributed by atoms with van der Waals surface area (Å²) in [4.78, 5) is 4.75. The van der Waals surface area contributed by atoms with Gasteiger partial charge in [-0.2, -0.15) is 0 Å². The molecule has 1 aromatic rings. The first-order chi connectivity index (χ1) is 9.02. The van der Waals surface area contributed by atoms with Crippen LogP contribution in [0.2, 0.25) is 0 Å². The minimum absolute atomic E-state index is 0.587. The average molecular weight is 264 g/mol. The van der Waals surface area contributed by atoms with E-state index in [4.69, 9.17) is 4.98 Å². The zero-order chi connectivity index (χ0) is 14.4. The van der Waals surface area contributed by atoms with Crippen molar-refractivity contribution in [3.8, 4) is 0 Å². The molecule has 2 atom stereocenters. The monoisotopic (exact) mass is 264 g/mol. The van der Waals surface area contributed by atoms with Gasteiger partial charge in [-0.1, -0.05) is 54.4 Å². The molecule has 2 heteroatoms. The Morgan fingerprint density at radius 2 is 1.79 bits per heavy atom. The van der Waals surface area contributed by atoms with Gasteiger partial charge in [-0.05, 0) is 18.8 Å². The number of hydrogen-bond donors (Lipinski definition) is 0. The maximum Gasteiger partial charge on any atom is 0.0951 e. The van der Waals surface area contributed by atoms with Crippen LogP contribution in [-0.4, -0.2) is 9.55 Å². The highest BCUT2D eigenvalue weighted by Gasteiger charge is 2.22. The summed E-state index contributed by atoms with van der Waals surface area (Å²) in [6.45, 7) is 14.9. The molecule has 0 N–H and O–H groups in total. The Kier molecular flexibility index (Phi) is 6.60. The Hall–Kier alpha value is -0.790. The molecule has 0 aromatic carbocycles. The van der Waals surface area contributed by atoms with Gasteiger partial charge in [-0.3, -0.25) is 0 Å². The van der Waals surface area contributed by atoms with E-state index in [2.05, 4.69) is 52.4 Å². The summed E-state index contributed by atoms with van der Waals surface area (Å²) < 4.78 is 2.41. The minimum atomic E-state index is 0.587. The average Bonchev–Trinajstić information content (AvgIpc) is 2.79. The number of imidazole rings is 1. The van der Waals surface area contributed by atoms with E-state index in [-0.39, 0.29) is 0 Å². The molecule has 2 unspecified atom stereocenters. The normalized spacial score (nSPS) is 14.9. The van der Waals surface area contributed by atoms with Crippen molar-refractivity contribution in [2.24, 2.45) is 5.92 Å². The first-order valence-electron chi connectivity index (χ1n) is 8.07. The second-order valence-electron chi connectivity index (χ2n) is 6.28. The van der Waals surface area contributed by atoms with Gasteiger partial charge in [-0.15, -0.1) is 0 Å². The van der Waals surface area contributed by atoms with Crippen molar-refractivity contribution < 1.29 is 0 Å². The Morgan fingerprint density at radius 1 is 1.11 bits per heavy atom. The smallest absolute Gasteiger partial charge is 0.0951 e. The van der Waals surface area contributed by atoms with Crippen molar-refractivity contribution in [3.05, 3.63) is 17.7 Å². The largest absolute Gasteiger partial charge is 0.334 e. The van der Waals surface area contributed by atoms with Gasteiger partial charge in [0.25, 0.3) is 0 Å². The van der Waals surface area contributed by atoms with Crippen LogP contribution >= 0.6 is 0 Å². The maximum atomic E-state index is 4.75. The maximum absolute atomic E-state index is 4.75. The number of aromatic nitrogens is 2. The summed E-state index contributed by atoms with van der Waals surface area (Å²) in [6, 6.07) is 0. The molecule has 0 radical (unpaired) electrons. The van der Waals surface area contributed by atoms with E-state index in [1.165, 1.54) is 37.1 Å². The highest BCUT2D eigenvalue weighted by Crippen LogP contribution is 2.32. The Morgan fingerprint density at radius 3 is 2.32 bits per heavy atom. The molecule has 0 amide bonds. The fraction of sp³-hybridized carbons (Fsp3) is 0.824. The van der Waals surface area contributed by atoms with E-state index < -0.39 is 0 Å². The van der Waals surface area contributed by atoms with Crippen LogP contribution in [0, 0.1) is 5.92 Å². The zero-order valence-corrected chi connectivity index (χ0v) is 13.7. The molecule has 0 bridgehead atoms. The molecule has 1 rings (SSSR count). The lowest BCUT2D eigenvalue weighted by atomic mass is 9.89. The van der Waals surface area contributed by atoms with E-state index >= 15 is 0 Å². The number of nitrogens with zero attached hydrogens (tertiary/aromatic N) is 2. The first kappa shape index (κ1) is 16.3. The van der Waals surface area contributed by atoms with Gasteiger partial charge in [0.05, 0.1) is 12.0 Å². The Balaban J connectivity index is 3.06. The summed E-state index contributed by atoms with van der Waals surface area (Å²) in [5, 5.41) is 0. The third-order valence-corrected chi connectivity index (χ3v) is 4.28. The Labute approximate surface area is 119 Å². The lowest BCUT2D eigenvalue weighted by molar-refractivity contribution is 0.479. The molecule has 0 aliphatic heterocycles. The third kappa shape index (κ3) is 4.09. The van der Waals surface area contributed by atoms with E-state index in [0.717, 1.165) is 6.54 Å². The molecule has 19 heavy (non-hydrogen) atoms. The third-order valence-electron chi connectivity index (χ3n) is 4.28. The van der Waals surface area contributed by atoms with Crippen molar-refractivity contribution in [3.63, 3.8) is 0 Å². The highest BCUT2D eigenvalue weighted by molar-refractivity contribution is 5.22. The zero-order valence-electron chi connectivity index (χ0n) is 13.7. The standard InChI is InChI=1S/C17H32N2/c1-7-9-11-19-12-18-16(14(5)10-8-2)17(19)15(6)13(3)4/h12-15H,7-11H2,1-6H3. The van der Waals surface area contributed by atoms with Crippen LogP contribution in [0.25, 0.3) is 0 Å². The van der Waals surface area contributed by atoms with Crippen LogP contribution in [0.3, 0.4) is 0 Å². The second-order valence-corrected chi connectivity index (χ2v) is 6.28. The number of unbranched alkanes of at least 4 members (excludes halogenated alkanes) is 1. The number of hydrogen-bond acceptors (Lipinski definition) is 1. The van der Waals surface area contributed by atoms with Crippen LogP contribution in [-0.2, 0) is 6.54 Å².